The molecule has 0 bridgehead atoms. The summed E-state index contributed by atoms with van der Waals surface area (Å²) in [6.07, 6.45) is -0.580. The second-order valence-corrected chi connectivity index (χ2v) is 5.88. The monoisotopic (exact) mass is 314 g/mol. The van der Waals surface area contributed by atoms with Crippen LogP contribution < -0.4 is 5.32 Å². The van der Waals surface area contributed by atoms with Crippen LogP contribution >= 0.6 is 0 Å². The maximum atomic E-state index is 13.3. The summed E-state index contributed by atoms with van der Waals surface area (Å²) in [6.45, 7) is 5.53. The predicted octanol–water partition coefficient (Wildman–Crippen LogP) is 4.23. The molecule has 1 heterocycles. The molecular formula is C17H25F3N2. The van der Waals surface area contributed by atoms with Gasteiger partial charge < -0.3 is 5.32 Å². The number of alkyl halides is 3. The van der Waals surface area contributed by atoms with Crippen LogP contribution in [0.3, 0.4) is 0 Å². The standard InChI is InChI=1S/C17H25F3N2/c1-2-3-9-16(22-12-6-10-21-11-13-22)14-7-4-5-8-15(14)17(18,19)20/h4-5,7-8,16,21H,2-3,6,9-13H2,1H3. The lowest BCUT2D eigenvalue weighted by Gasteiger charge is -2.32. The lowest BCUT2D eigenvalue weighted by Crippen LogP contribution is -2.33. The average Bonchev–Trinajstić information content (AvgIpc) is 2.76. The first-order valence-electron chi connectivity index (χ1n) is 8.15. The molecule has 0 spiro atoms. The zero-order chi connectivity index (χ0) is 16.0. The lowest BCUT2D eigenvalue weighted by atomic mass is 9.94. The van der Waals surface area contributed by atoms with E-state index in [2.05, 4.69) is 17.1 Å². The number of rotatable bonds is 5. The Bertz CT molecular complexity index is 451. The maximum Gasteiger partial charge on any atom is 0.416 e. The molecule has 22 heavy (non-hydrogen) atoms. The zero-order valence-electron chi connectivity index (χ0n) is 13.1. The Morgan fingerprint density at radius 1 is 1.18 bits per heavy atom. The quantitative estimate of drug-likeness (QED) is 0.875. The van der Waals surface area contributed by atoms with Crippen LogP contribution in [0.2, 0.25) is 0 Å². The molecule has 124 valence electrons. The van der Waals surface area contributed by atoms with E-state index >= 15 is 0 Å². The minimum absolute atomic E-state index is 0.141. The molecule has 0 radical (unpaired) electrons. The van der Waals surface area contributed by atoms with Gasteiger partial charge in [0.15, 0.2) is 0 Å². The molecule has 2 rings (SSSR count). The number of halogens is 3. The molecule has 1 N–H and O–H groups in total. The summed E-state index contributed by atoms with van der Waals surface area (Å²) in [5.41, 5.74) is -0.0429. The van der Waals surface area contributed by atoms with Crippen LogP contribution in [0.15, 0.2) is 24.3 Å². The molecule has 0 aromatic heterocycles. The Balaban J connectivity index is 2.32. The molecule has 1 aliphatic rings. The molecule has 1 aliphatic heterocycles. The Kier molecular flexibility index (Phi) is 6.26. The fourth-order valence-electron chi connectivity index (χ4n) is 3.16. The van der Waals surface area contributed by atoms with Gasteiger partial charge in [-0.1, -0.05) is 38.0 Å². The fourth-order valence-corrected chi connectivity index (χ4v) is 3.16. The molecule has 1 saturated heterocycles. The summed E-state index contributed by atoms with van der Waals surface area (Å²) in [6, 6.07) is 5.93. The van der Waals surface area contributed by atoms with E-state index in [0.717, 1.165) is 51.9 Å². The van der Waals surface area contributed by atoms with Gasteiger partial charge in [-0.05, 0) is 31.0 Å². The van der Waals surface area contributed by atoms with Crippen LogP contribution in [0.4, 0.5) is 13.2 Å². The minimum Gasteiger partial charge on any atom is -0.315 e. The molecule has 2 nitrogen and oxygen atoms in total. The van der Waals surface area contributed by atoms with Gasteiger partial charge in [0.05, 0.1) is 5.56 Å². The van der Waals surface area contributed by atoms with Crippen molar-refractivity contribution in [2.24, 2.45) is 0 Å². The summed E-state index contributed by atoms with van der Waals surface area (Å²) in [5.74, 6) is 0. The molecule has 5 heteroatoms. The highest BCUT2D eigenvalue weighted by Gasteiger charge is 2.36. The third-order valence-corrected chi connectivity index (χ3v) is 4.27. The Labute approximate surface area is 130 Å². The van der Waals surface area contributed by atoms with Crippen LogP contribution in [0.5, 0.6) is 0 Å². The van der Waals surface area contributed by atoms with E-state index in [0.29, 0.717) is 5.56 Å². The van der Waals surface area contributed by atoms with Crippen LogP contribution in [0.1, 0.15) is 49.8 Å². The number of unbranched alkanes of at least 4 members (excludes halogenated alkanes) is 1. The highest BCUT2D eigenvalue weighted by atomic mass is 19.4. The van der Waals surface area contributed by atoms with E-state index in [4.69, 9.17) is 0 Å². The first-order chi connectivity index (χ1) is 10.5. The van der Waals surface area contributed by atoms with Gasteiger partial charge in [0.25, 0.3) is 0 Å². The molecule has 1 aromatic carbocycles. The summed E-state index contributed by atoms with van der Waals surface area (Å²) in [7, 11) is 0. The van der Waals surface area contributed by atoms with Gasteiger partial charge in [-0.15, -0.1) is 0 Å². The Morgan fingerprint density at radius 3 is 2.68 bits per heavy atom. The van der Waals surface area contributed by atoms with E-state index in [1.807, 2.05) is 0 Å². The number of hydrogen-bond donors (Lipinski definition) is 1. The summed E-state index contributed by atoms with van der Waals surface area (Å²) in [4.78, 5) is 2.22. The second-order valence-electron chi connectivity index (χ2n) is 5.88. The van der Waals surface area contributed by atoms with Crippen molar-refractivity contribution in [1.82, 2.24) is 10.2 Å². The van der Waals surface area contributed by atoms with E-state index in [1.54, 1.807) is 12.1 Å². The third kappa shape index (κ3) is 4.46. The lowest BCUT2D eigenvalue weighted by molar-refractivity contribution is -0.138. The molecule has 1 fully saturated rings. The van der Waals surface area contributed by atoms with Crippen molar-refractivity contribution in [2.75, 3.05) is 26.2 Å². The molecule has 0 amide bonds. The third-order valence-electron chi connectivity index (χ3n) is 4.27. The van der Waals surface area contributed by atoms with Crippen LogP contribution in [-0.4, -0.2) is 31.1 Å². The normalized spacial score (nSPS) is 18.9. The van der Waals surface area contributed by atoms with Crippen molar-refractivity contribution < 1.29 is 13.2 Å². The van der Waals surface area contributed by atoms with Gasteiger partial charge in [0.2, 0.25) is 0 Å². The smallest absolute Gasteiger partial charge is 0.315 e. The van der Waals surface area contributed by atoms with Gasteiger partial charge in [-0.2, -0.15) is 13.2 Å². The topological polar surface area (TPSA) is 15.3 Å². The van der Waals surface area contributed by atoms with Crippen LogP contribution in [0.25, 0.3) is 0 Å². The van der Waals surface area contributed by atoms with Gasteiger partial charge in [-0.25, -0.2) is 0 Å². The largest absolute Gasteiger partial charge is 0.416 e. The van der Waals surface area contributed by atoms with Crippen molar-refractivity contribution >= 4 is 0 Å². The van der Waals surface area contributed by atoms with Crippen molar-refractivity contribution in [1.29, 1.82) is 0 Å². The summed E-state index contributed by atoms with van der Waals surface area (Å²) in [5, 5.41) is 3.32. The van der Waals surface area contributed by atoms with Gasteiger partial charge in [0.1, 0.15) is 0 Å². The van der Waals surface area contributed by atoms with Crippen molar-refractivity contribution in [3.05, 3.63) is 35.4 Å². The number of hydrogen-bond acceptors (Lipinski definition) is 2. The molecule has 1 unspecified atom stereocenters. The second kappa shape index (κ2) is 7.97. The van der Waals surface area contributed by atoms with Gasteiger partial charge >= 0.3 is 6.18 Å². The molecule has 0 saturated carbocycles. The van der Waals surface area contributed by atoms with Crippen molar-refractivity contribution in [3.8, 4) is 0 Å². The SMILES string of the molecule is CCCCC(c1ccccc1C(F)(F)F)N1CCCNCC1. The minimum atomic E-state index is -4.29. The highest BCUT2D eigenvalue weighted by Crippen LogP contribution is 2.38. The van der Waals surface area contributed by atoms with E-state index < -0.39 is 11.7 Å². The first kappa shape index (κ1) is 17.3. The van der Waals surface area contributed by atoms with E-state index in [-0.39, 0.29) is 6.04 Å². The number of nitrogens with zero attached hydrogens (tertiary/aromatic N) is 1. The fraction of sp³-hybridized carbons (Fsp3) is 0.647. The average molecular weight is 314 g/mol. The maximum absolute atomic E-state index is 13.3. The molecule has 1 aromatic rings. The summed E-state index contributed by atoms with van der Waals surface area (Å²) >= 11 is 0. The highest BCUT2D eigenvalue weighted by molar-refractivity contribution is 5.32. The molecular weight excluding hydrogens is 289 g/mol. The number of benzene rings is 1. The summed E-state index contributed by atoms with van der Waals surface area (Å²) < 4.78 is 40.0. The van der Waals surface area contributed by atoms with Crippen molar-refractivity contribution in [2.45, 2.75) is 44.8 Å². The predicted molar refractivity (Wildman–Crippen MR) is 82.8 cm³/mol. The Morgan fingerprint density at radius 2 is 1.95 bits per heavy atom. The molecule has 1 atom stereocenters. The van der Waals surface area contributed by atoms with Crippen LogP contribution in [0, 0.1) is 0 Å². The van der Waals surface area contributed by atoms with Crippen molar-refractivity contribution in [3.63, 3.8) is 0 Å². The molecule has 0 aliphatic carbocycles. The van der Waals surface area contributed by atoms with Gasteiger partial charge in [-0.3, -0.25) is 4.90 Å². The first-order valence-corrected chi connectivity index (χ1v) is 8.15. The van der Waals surface area contributed by atoms with E-state index in [1.165, 1.54) is 12.1 Å². The number of nitrogens with one attached hydrogen (secondary N) is 1. The van der Waals surface area contributed by atoms with Gasteiger partial charge in [0, 0.05) is 25.7 Å². The van der Waals surface area contributed by atoms with Crippen LogP contribution in [-0.2, 0) is 6.18 Å². The zero-order valence-corrected chi connectivity index (χ0v) is 13.1. The van der Waals surface area contributed by atoms with E-state index in [9.17, 15) is 13.2 Å². The Hall–Kier alpha value is -1.07.